The highest BCUT2D eigenvalue weighted by atomic mass is 32.1. The fourth-order valence-corrected chi connectivity index (χ4v) is 19.1. The van der Waals surface area contributed by atoms with Gasteiger partial charge in [0, 0.05) is 95.8 Å². The van der Waals surface area contributed by atoms with E-state index in [0.717, 1.165) is 156 Å². The van der Waals surface area contributed by atoms with Gasteiger partial charge in [-0.1, -0.05) is 243 Å². The van der Waals surface area contributed by atoms with Crippen LogP contribution in [-0.4, -0.2) is 0 Å². The Morgan fingerprint density at radius 3 is 1.17 bits per heavy atom. The molecule has 4 heterocycles. The van der Waals surface area contributed by atoms with Crippen LogP contribution in [0.25, 0.3) is 184 Å². The summed E-state index contributed by atoms with van der Waals surface area (Å²) in [7, 11) is 0. The zero-order valence-electron chi connectivity index (χ0n) is 59.5. The van der Waals surface area contributed by atoms with Crippen LogP contribution in [0.15, 0.2) is 397 Å². The first kappa shape index (κ1) is 63.4. The lowest BCUT2D eigenvalue weighted by Crippen LogP contribution is -2.12. The molecule has 0 aliphatic rings. The van der Waals surface area contributed by atoms with Crippen molar-refractivity contribution < 1.29 is 8.83 Å². The quantitative estimate of drug-likeness (QED) is 0.115. The molecule has 0 saturated carbocycles. The zero-order chi connectivity index (χ0) is 72.3. The number of rotatable bonds is 13. The van der Waals surface area contributed by atoms with Gasteiger partial charge in [-0.05, 0) is 234 Å². The second-order valence-corrected chi connectivity index (χ2v) is 30.8. The number of anilines is 6. The van der Waals surface area contributed by atoms with Crippen LogP contribution in [0.1, 0.15) is 0 Å². The maximum absolute atomic E-state index is 6.49. The van der Waals surface area contributed by atoms with Crippen molar-refractivity contribution in [3.05, 3.63) is 388 Å². The van der Waals surface area contributed by atoms with Crippen molar-refractivity contribution in [1.82, 2.24) is 0 Å². The Balaban J connectivity index is 0.677. The summed E-state index contributed by atoms with van der Waals surface area (Å²) in [5.41, 5.74) is 25.6. The third kappa shape index (κ3) is 10.9. The van der Waals surface area contributed by atoms with Gasteiger partial charge in [0.05, 0.1) is 11.4 Å². The molecule has 0 saturated heterocycles. The van der Waals surface area contributed by atoms with Crippen LogP contribution in [0, 0.1) is 0 Å². The first-order valence-electron chi connectivity index (χ1n) is 37.4. The first-order chi connectivity index (χ1) is 54.4. The zero-order valence-corrected chi connectivity index (χ0v) is 61.1. The van der Waals surface area contributed by atoms with Crippen LogP contribution in [0.5, 0.6) is 0 Å². The summed E-state index contributed by atoms with van der Waals surface area (Å²) in [6.07, 6.45) is 0. The monoisotopic (exact) mass is 1440 g/mol. The highest BCUT2D eigenvalue weighted by molar-refractivity contribution is 7.26. The maximum atomic E-state index is 6.49. The van der Waals surface area contributed by atoms with Gasteiger partial charge in [0.25, 0.3) is 0 Å². The van der Waals surface area contributed by atoms with Crippen molar-refractivity contribution in [2.75, 3.05) is 9.80 Å². The number of nitrogens with zero attached hydrogens (tertiary/aromatic N) is 2. The Morgan fingerprint density at radius 2 is 0.545 bits per heavy atom. The van der Waals surface area contributed by atoms with Gasteiger partial charge in [-0.25, -0.2) is 0 Å². The Kier molecular flexibility index (Phi) is 15.0. The van der Waals surface area contributed by atoms with Gasteiger partial charge < -0.3 is 18.6 Å². The summed E-state index contributed by atoms with van der Waals surface area (Å²) in [4.78, 5) is 4.93. The lowest BCUT2D eigenvalue weighted by molar-refractivity contribution is 0.668. The topological polar surface area (TPSA) is 32.8 Å². The van der Waals surface area contributed by atoms with Crippen LogP contribution in [0.4, 0.5) is 34.1 Å². The average Bonchev–Trinajstić information content (AvgIpc) is 1.11. The number of benzene rings is 18. The molecule has 0 unspecified atom stereocenters. The van der Waals surface area contributed by atoms with E-state index in [-0.39, 0.29) is 0 Å². The van der Waals surface area contributed by atoms with Crippen LogP contribution < -0.4 is 9.80 Å². The van der Waals surface area contributed by atoms with Gasteiger partial charge in [-0.3, -0.25) is 0 Å². The van der Waals surface area contributed by atoms with Gasteiger partial charge in [0.2, 0.25) is 0 Å². The van der Waals surface area contributed by atoms with E-state index in [0.29, 0.717) is 0 Å². The number of thiophene rings is 2. The standard InChI is InChI=1S/C104H64N2O2S2/c1-2-19-66-54-70(41-40-65(66)18-1)68-21-14-26-82(58-68)106(83-27-16-23-77(60-83)86-33-17-39-103-104(86)90-32-7-12-38-101(90)110-103)95-64-76(46-50-85(95)79-48-52-99-92(63-79)88-30-5-10-36-97(88)108-99)74-45-44-72-55-71(42-43-73(72)56-74)67-20-13-24-80(57-67)105(81-25-15-22-69(59-81)75-49-53-102-93(61-75)89-31-6-11-37-100(89)109-102)94-34-8-3-28-84(94)78-47-51-98-91(62-78)87-29-4-9-35-96(87)107-98/h1-64H. The van der Waals surface area contributed by atoms with Gasteiger partial charge >= 0.3 is 0 Å². The van der Waals surface area contributed by atoms with Crippen molar-refractivity contribution in [1.29, 1.82) is 0 Å². The molecule has 0 aliphatic heterocycles. The fraction of sp³-hybridized carbons (Fsp3) is 0. The van der Waals surface area contributed by atoms with Crippen LogP contribution in [-0.2, 0) is 0 Å². The number of hydrogen-bond acceptors (Lipinski definition) is 6. The number of para-hydroxylation sites is 3. The molecule has 0 amide bonds. The third-order valence-electron chi connectivity index (χ3n) is 22.2. The van der Waals surface area contributed by atoms with Crippen molar-refractivity contribution in [2.45, 2.75) is 0 Å². The lowest BCUT2D eigenvalue weighted by Gasteiger charge is -2.29. The Hall–Kier alpha value is -13.9. The van der Waals surface area contributed by atoms with Crippen molar-refractivity contribution in [3.63, 3.8) is 0 Å². The second kappa shape index (κ2) is 26.0. The van der Waals surface area contributed by atoms with E-state index in [1.807, 2.05) is 34.8 Å². The van der Waals surface area contributed by atoms with Gasteiger partial charge in [0.1, 0.15) is 22.3 Å². The Labute approximate surface area is 642 Å². The molecule has 18 aromatic carbocycles. The normalized spacial score (nSPS) is 11.8. The lowest BCUT2D eigenvalue weighted by atomic mass is 9.93. The molecule has 22 aromatic rings. The molecular weight excluding hydrogens is 1370 g/mol. The molecule has 0 N–H and O–H groups in total. The predicted molar refractivity (Wildman–Crippen MR) is 469 cm³/mol. The van der Waals surface area contributed by atoms with Crippen molar-refractivity contribution in [3.8, 4) is 77.9 Å². The molecule has 110 heavy (non-hydrogen) atoms. The second-order valence-electron chi connectivity index (χ2n) is 28.7. The summed E-state index contributed by atoms with van der Waals surface area (Å²) in [6, 6.07) is 143. The van der Waals surface area contributed by atoms with E-state index in [9.17, 15) is 0 Å². The van der Waals surface area contributed by atoms with Gasteiger partial charge in [-0.2, -0.15) is 0 Å². The summed E-state index contributed by atoms with van der Waals surface area (Å²) < 4.78 is 18.0. The SMILES string of the molecule is c1cc(-c2ccc3cc(-c4ccc(-c5ccc6oc7ccccc7c6c5)c(N(c5cccc(-c6ccc7ccccc7c6)c5)c5cccc(-c6cccc7sc8ccccc8c67)c5)c4)ccc3c2)cc(N(c2cccc(-c3ccc4sc5ccccc5c4c3)c2)c2ccccc2-c2ccc3oc4ccccc4c3c2)c1. The minimum absolute atomic E-state index is 0.860. The summed E-state index contributed by atoms with van der Waals surface area (Å²) in [6.45, 7) is 0. The minimum atomic E-state index is 0.860. The molecule has 4 aromatic heterocycles. The largest absolute Gasteiger partial charge is 0.456 e. The van der Waals surface area contributed by atoms with Crippen molar-refractivity contribution in [2.24, 2.45) is 0 Å². The summed E-state index contributed by atoms with van der Waals surface area (Å²) in [5, 5.41) is 14.2. The van der Waals surface area contributed by atoms with E-state index in [4.69, 9.17) is 8.83 Å². The number of furan rings is 2. The molecule has 6 heteroatoms. The molecule has 0 atom stereocenters. The molecule has 0 radical (unpaired) electrons. The van der Waals surface area contributed by atoms with Crippen LogP contribution in [0.2, 0.25) is 0 Å². The molecule has 0 bridgehead atoms. The molecular formula is C104H64N2O2S2. The van der Waals surface area contributed by atoms with E-state index in [1.54, 1.807) is 0 Å². The van der Waals surface area contributed by atoms with E-state index in [1.165, 1.54) is 62.2 Å². The first-order valence-corrected chi connectivity index (χ1v) is 39.0. The Bertz CT molecular complexity index is 7480. The molecule has 0 spiro atoms. The van der Waals surface area contributed by atoms with Gasteiger partial charge in [-0.15, -0.1) is 22.7 Å². The molecule has 0 aliphatic carbocycles. The van der Waals surface area contributed by atoms with E-state index < -0.39 is 0 Å². The molecule has 4 nitrogen and oxygen atoms in total. The third-order valence-corrected chi connectivity index (χ3v) is 24.5. The molecule has 514 valence electrons. The Morgan fingerprint density at radius 1 is 0.182 bits per heavy atom. The highest BCUT2D eigenvalue weighted by Crippen LogP contribution is 2.50. The van der Waals surface area contributed by atoms with Crippen LogP contribution in [0.3, 0.4) is 0 Å². The maximum Gasteiger partial charge on any atom is 0.135 e. The highest BCUT2D eigenvalue weighted by Gasteiger charge is 2.25. The van der Waals surface area contributed by atoms with Gasteiger partial charge in [0.15, 0.2) is 0 Å². The van der Waals surface area contributed by atoms with Crippen LogP contribution >= 0.6 is 22.7 Å². The number of hydrogen-bond donors (Lipinski definition) is 0. The van der Waals surface area contributed by atoms with Crippen molar-refractivity contribution >= 4 is 163 Å². The number of fused-ring (bicyclic) bond motifs is 14. The smallest absolute Gasteiger partial charge is 0.135 e. The molecule has 0 fully saturated rings. The average molecular weight is 1440 g/mol. The summed E-state index contributed by atoms with van der Waals surface area (Å²) in [5.74, 6) is 0. The summed E-state index contributed by atoms with van der Waals surface area (Å²) >= 11 is 3.71. The predicted octanol–water partition coefficient (Wildman–Crippen LogP) is 31.1. The van der Waals surface area contributed by atoms with E-state index >= 15 is 0 Å². The minimum Gasteiger partial charge on any atom is -0.456 e. The van der Waals surface area contributed by atoms with E-state index in [2.05, 4.69) is 386 Å². The molecule has 22 rings (SSSR count). The fourth-order valence-electron chi connectivity index (χ4n) is 16.9.